The maximum atomic E-state index is 11.8. The van der Waals surface area contributed by atoms with Gasteiger partial charge in [0.15, 0.2) is 0 Å². The van der Waals surface area contributed by atoms with Crippen LogP contribution in [0.4, 0.5) is 0 Å². The third-order valence-corrected chi connectivity index (χ3v) is 2.27. The summed E-state index contributed by atoms with van der Waals surface area (Å²) in [6, 6.07) is 2.82. The first-order chi connectivity index (χ1) is 7.50. The first-order valence-corrected chi connectivity index (χ1v) is 5.14. The van der Waals surface area contributed by atoms with Gasteiger partial charge in [0.05, 0.1) is 4.99 Å². The van der Waals surface area contributed by atoms with Crippen molar-refractivity contribution >= 4 is 23.1 Å². The zero-order valence-corrected chi connectivity index (χ0v) is 9.71. The molecule has 1 aromatic rings. The summed E-state index contributed by atoms with van der Waals surface area (Å²) in [4.78, 5) is 27.1. The number of nitrogens with zero attached hydrogens (tertiary/aromatic N) is 1. The zero-order valence-electron chi connectivity index (χ0n) is 8.90. The van der Waals surface area contributed by atoms with Gasteiger partial charge in [-0.1, -0.05) is 12.2 Å². The van der Waals surface area contributed by atoms with Crippen molar-refractivity contribution in [1.29, 1.82) is 0 Å². The van der Waals surface area contributed by atoms with Crippen LogP contribution in [0.3, 0.4) is 0 Å². The van der Waals surface area contributed by atoms with Crippen LogP contribution in [0.1, 0.15) is 16.8 Å². The van der Waals surface area contributed by atoms with Gasteiger partial charge in [-0.3, -0.25) is 9.59 Å². The third-order valence-electron chi connectivity index (χ3n) is 2.06. The molecule has 0 atom stereocenters. The second-order valence-electron chi connectivity index (χ2n) is 3.38. The van der Waals surface area contributed by atoms with Crippen molar-refractivity contribution in [1.82, 2.24) is 9.88 Å². The van der Waals surface area contributed by atoms with Crippen molar-refractivity contribution < 1.29 is 4.79 Å². The minimum absolute atomic E-state index is 0.220. The molecular formula is C10H13N3O2S. The molecule has 5 nitrogen and oxygen atoms in total. The largest absolute Gasteiger partial charge is 0.393 e. The van der Waals surface area contributed by atoms with Crippen LogP contribution < -0.4 is 11.3 Å². The Kier molecular flexibility index (Phi) is 4.19. The molecule has 0 bridgehead atoms. The van der Waals surface area contributed by atoms with Crippen LogP contribution in [0, 0.1) is 0 Å². The maximum absolute atomic E-state index is 11.8. The summed E-state index contributed by atoms with van der Waals surface area (Å²) < 4.78 is 0. The van der Waals surface area contributed by atoms with Crippen LogP contribution in [0.15, 0.2) is 23.1 Å². The Balaban J connectivity index is 2.70. The summed E-state index contributed by atoms with van der Waals surface area (Å²) in [5, 5.41) is 0. The molecule has 0 saturated heterocycles. The van der Waals surface area contributed by atoms with Crippen molar-refractivity contribution in [2.24, 2.45) is 5.73 Å². The van der Waals surface area contributed by atoms with E-state index in [1.807, 2.05) is 0 Å². The van der Waals surface area contributed by atoms with Gasteiger partial charge in [-0.05, 0) is 6.07 Å². The number of hydrogen-bond donors (Lipinski definition) is 2. The molecule has 3 N–H and O–H groups in total. The molecule has 86 valence electrons. The molecule has 0 aliphatic heterocycles. The van der Waals surface area contributed by atoms with E-state index in [0.29, 0.717) is 23.5 Å². The normalized spacial score (nSPS) is 9.81. The lowest BCUT2D eigenvalue weighted by atomic mass is 10.2. The summed E-state index contributed by atoms with van der Waals surface area (Å²) in [7, 11) is 1.64. The van der Waals surface area contributed by atoms with E-state index in [1.54, 1.807) is 13.1 Å². The minimum Gasteiger partial charge on any atom is -0.393 e. The zero-order chi connectivity index (χ0) is 12.1. The van der Waals surface area contributed by atoms with E-state index < -0.39 is 0 Å². The molecule has 0 spiro atoms. The quantitative estimate of drug-likeness (QED) is 0.732. The molecule has 16 heavy (non-hydrogen) atoms. The topological polar surface area (TPSA) is 79.2 Å². The Hall–Kier alpha value is -1.69. The van der Waals surface area contributed by atoms with Crippen LogP contribution in [-0.4, -0.2) is 34.4 Å². The summed E-state index contributed by atoms with van der Waals surface area (Å²) in [6.07, 6.45) is 1.91. The standard InChI is InChI=1S/C10H13N3O2S/c1-13(5-3-8(11)16)10(15)7-2-4-12-9(14)6-7/h2,4,6H,3,5H2,1H3,(H2,11,16)(H,12,14). The van der Waals surface area contributed by atoms with Gasteiger partial charge in [-0.25, -0.2) is 0 Å². The predicted molar refractivity (Wildman–Crippen MR) is 65.4 cm³/mol. The van der Waals surface area contributed by atoms with E-state index in [-0.39, 0.29) is 11.5 Å². The number of nitrogens with two attached hydrogens (primary N) is 1. The molecule has 0 fully saturated rings. The summed E-state index contributed by atoms with van der Waals surface area (Å²) in [6.45, 7) is 0.445. The number of aromatic amines is 1. The molecule has 1 rings (SSSR count). The Morgan fingerprint density at radius 1 is 1.62 bits per heavy atom. The Morgan fingerprint density at radius 2 is 2.31 bits per heavy atom. The van der Waals surface area contributed by atoms with Gasteiger partial charge < -0.3 is 15.6 Å². The van der Waals surface area contributed by atoms with Crippen LogP contribution in [0.5, 0.6) is 0 Å². The Morgan fingerprint density at radius 3 is 2.88 bits per heavy atom. The fraction of sp³-hybridized carbons (Fsp3) is 0.300. The molecule has 0 aliphatic carbocycles. The number of amides is 1. The van der Waals surface area contributed by atoms with E-state index in [4.69, 9.17) is 18.0 Å². The summed E-state index contributed by atoms with van der Waals surface area (Å²) >= 11 is 4.72. The van der Waals surface area contributed by atoms with Crippen LogP contribution >= 0.6 is 12.2 Å². The van der Waals surface area contributed by atoms with Crippen LogP contribution in [0.2, 0.25) is 0 Å². The van der Waals surface area contributed by atoms with E-state index in [0.717, 1.165) is 0 Å². The van der Waals surface area contributed by atoms with Gasteiger partial charge in [-0.15, -0.1) is 0 Å². The van der Waals surface area contributed by atoms with Gasteiger partial charge in [-0.2, -0.15) is 0 Å². The predicted octanol–water partition coefficient (Wildman–Crippen LogP) is 0.123. The molecule has 0 saturated carbocycles. The average Bonchev–Trinajstić information content (AvgIpc) is 2.24. The number of rotatable bonds is 4. The maximum Gasteiger partial charge on any atom is 0.253 e. The fourth-order valence-electron chi connectivity index (χ4n) is 1.18. The van der Waals surface area contributed by atoms with Crippen molar-refractivity contribution in [2.45, 2.75) is 6.42 Å². The van der Waals surface area contributed by atoms with Gasteiger partial charge >= 0.3 is 0 Å². The molecule has 0 aliphatic rings. The first-order valence-electron chi connectivity index (χ1n) is 4.73. The summed E-state index contributed by atoms with van der Waals surface area (Å²) in [5.74, 6) is -0.220. The lowest BCUT2D eigenvalue weighted by Gasteiger charge is -2.16. The highest BCUT2D eigenvalue weighted by atomic mass is 32.1. The average molecular weight is 239 g/mol. The number of H-pyrrole nitrogens is 1. The Bertz CT molecular complexity index is 455. The molecule has 1 amide bonds. The summed E-state index contributed by atoms with van der Waals surface area (Å²) in [5.41, 5.74) is 5.40. The molecule has 0 radical (unpaired) electrons. The van der Waals surface area contributed by atoms with Gasteiger partial charge in [0.25, 0.3) is 5.91 Å². The highest BCUT2D eigenvalue weighted by Crippen LogP contribution is 2.00. The van der Waals surface area contributed by atoms with E-state index in [2.05, 4.69) is 4.98 Å². The van der Waals surface area contributed by atoms with Crippen LogP contribution in [0.25, 0.3) is 0 Å². The van der Waals surface area contributed by atoms with E-state index in [9.17, 15) is 9.59 Å². The number of carbonyl (C=O) groups is 1. The van der Waals surface area contributed by atoms with Gasteiger partial charge in [0, 0.05) is 37.8 Å². The highest BCUT2D eigenvalue weighted by molar-refractivity contribution is 7.80. The lowest BCUT2D eigenvalue weighted by molar-refractivity contribution is 0.0798. The van der Waals surface area contributed by atoms with Crippen molar-refractivity contribution in [3.63, 3.8) is 0 Å². The molecule has 1 aromatic heterocycles. The molecular weight excluding hydrogens is 226 g/mol. The number of pyridine rings is 1. The van der Waals surface area contributed by atoms with Gasteiger partial charge in [0.1, 0.15) is 0 Å². The van der Waals surface area contributed by atoms with E-state index in [1.165, 1.54) is 17.2 Å². The molecule has 6 heteroatoms. The fourth-order valence-corrected chi connectivity index (χ4v) is 1.27. The number of aromatic nitrogens is 1. The number of nitrogens with one attached hydrogen (secondary N) is 1. The van der Waals surface area contributed by atoms with Crippen molar-refractivity contribution in [3.05, 3.63) is 34.2 Å². The van der Waals surface area contributed by atoms with Crippen molar-refractivity contribution in [3.8, 4) is 0 Å². The highest BCUT2D eigenvalue weighted by Gasteiger charge is 2.11. The Labute approximate surface area is 98.3 Å². The minimum atomic E-state index is -0.298. The third kappa shape index (κ3) is 3.47. The lowest BCUT2D eigenvalue weighted by Crippen LogP contribution is -2.30. The SMILES string of the molecule is CN(CCC(N)=S)C(=O)c1cc[nH]c(=O)c1. The van der Waals surface area contributed by atoms with Crippen LogP contribution in [-0.2, 0) is 0 Å². The second kappa shape index (κ2) is 5.41. The van der Waals surface area contributed by atoms with Gasteiger partial charge in [0.2, 0.25) is 5.56 Å². The first kappa shape index (κ1) is 12.4. The van der Waals surface area contributed by atoms with Crippen molar-refractivity contribution in [2.75, 3.05) is 13.6 Å². The van der Waals surface area contributed by atoms with E-state index >= 15 is 0 Å². The number of hydrogen-bond acceptors (Lipinski definition) is 3. The second-order valence-corrected chi connectivity index (χ2v) is 3.91. The molecule has 1 heterocycles. The number of carbonyl (C=O) groups excluding carboxylic acids is 1. The monoisotopic (exact) mass is 239 g/mol. The molecule has 0 unspecified atom stereocenters. The smallest absolute Gasteiger partial charge is 0.253 e. The molecule has 0 aromatic carbocycles. The number of thiocarbonyl (C=S) groups is 1.